The molecule has 1 unspecified atom stereocenters. The molecule has 2 aliphatic heterocycles. The van der Waals surface area contributed by atoms with E-state index < -0.39 is 5.92 Å². The fourth-order valence-corrected chi connectivity index (χ4v) is 5.69. The zero-order valence-corrected chi connectivity index (χ0v) is 24.7. The number of carbonyl (C=O) groups excluding carboxylic acids is 4. The molecular formula is C29H34N8O5S. The summed E-state index contributed by atoms with van der Waals surface area (Å²) in [5.74, 6) is 1.47. The van der Waals surface area contributed by atoms with Gasteiger partial charge in [-0.3, -0.25) is 29.4 Å². The van der Waals surface area contributed by atoms with Crippen LogP contribution in [0, 0.1) is 6.92 Å². The average molecular weight is 607 g/mol. The Balaban J connectivity index is 0.999. The van der Waals surface area contributed by atoms with Crippen molar-refractivity contribution in [1.82, 2.24) is 30.5 Å². The molecule has 0 spiro atoms. The number of anilines is 3. The van der Waals surface area contributed by atoms with Crippen molar-refractivity contribution in [3.63, 3.8) is 0 Å². The molecule has 3 aromatic rings. The lowest BCUT2D eigenvalue weighted by atomic mass is 9.90. The average Bonchev–Trinajstić information content (AvgIpc) is 3.46. The highest BCUT2D eigenvalue weighted by molar-refractivity contribution is 7.17. The third-order valence-electron chi connectivity index (χ3n) is 7.24. The molecule has 1 aromatic carbocycles. The van der Waals surface area contributed by atoms with Crippen LogP contribution in [0.25, 0.3) is 0 Å². The second kappa shape index (κ2) is 14.2. The summed E-state index contributed by atoms with van der Waals surface area (Å²) in [7, 11) is 0. The molecule has 0 bridgehead atoms. The quantitative estimate of drug-likeness (QED) is 0.157. The second-order valence-electron chi connectivity index (χ2n) is 10.4. The van der Waals surface area contributed by atoms with Crippen molar-refractivity contribution in [1.29, 1.82) is 0 Å². The maximum absolute atomic E-state index is 12.3. The summed E-state index contributed by atoms with van der Waals surface area (Å²) in [5, 5.41) is 9.04. The first-order chi connectivity index (χ1) is 20.9. The van der Waals surface area contributed by atoms with E-state index in [-0.39, 0.29) is 24.3 Å². The number of aromatic nitrogens is 3. The number of rotatable bonds is 12. The highest BCUT2D eigenvalue weighted by atomic mass is 32.1. The van der Waals surface area contributed by atoms with Crippen LogP contribution in [-0.4, -0.2) is 89.7 Å². The lowest BCUT2D eigenvalue weighted by Crippen LogP contribution is -2.47. The van der Waals surface area contributed by atoms with Crippen molar-refractivity contribution in [3.8, 4) is 5.75 Å². The van der Waals surface area contributed by atoms with E-state index in [0.29, 0.717) is 46.8 Å². The number of hydrogen-bond acceptors (Lipinski definition) is 12. The Morgan fingerprint density at radius 3 is 2.79 bits per heavy atom. The standard InChI is InChI=1S/C29H34N8O5S/c1-19-32-24(34-29-31-16-22(17-38)43-29)15-25(33-19)37-12-10-36(11-13-37)9-3-8-30-27(40)18-42-21-5-2-4-20(14-21)23-6-7-26(39)35-28(23)41/h2,4-5,14-17,23H,3,6-13,18H2,1H3,(H,30,40)(H,35,39,41)(H,31,32,33,34). The predicted molar refractivity (Wildman–Crippen MR) is 161 cm³/mol. The molecule has 1 atom stereocenters. The number of thiazole rings is 1. The monoisotopic (exact) mass is 606 g/mol. The number of nitrogens with zero attached hydrogens (tertiary/aromatic N) is 5. The lowest BCUT2D eigenvalue weighted by molar-refractivity contribution is -0.134. The van der Waals surface area contributed by atoms with Crippen molar-refractivity contribution in [3.05, 3.63) is 52.8 Å². The SMILES string of the molecule is Cc1nc(Nc2ncc(C=O)s2)cc(N2CCN(CCCNC(=O)COc3cccc(C4CCC(=O)NC4=O)c3)CC2)n1. The minimum atomic E-state index is -0.399. The van der Waals surface area contributed by atoms with E-state index >= 15 is 0 Å². The molecule has 2 aromatic heterocycles. The molecule has 0 saturated carbocycles. The first-order valence-electron chi connectivity index (χ1n) is 14.2. The third kappa shape index (κ3) is 8.32. The van der Waals surface area contributed by atoms with Crippen molar-refractivity contribution in [2.75, 3.05) is 56.1 Å². The number of aryl methyl sites for hydroxylation is 1. The Morgan fingerprint density at radius 1 is 1.19 bits per heavy atom. The maximum atomic E-state index is 12.3. The van der Waals surface area contributed by atoms with Crippen molar-refractivity contribution >= 4 is 52.1 Å². The van der Waals surface area contributed by atoms with Gasteiger partial charge in [0.05, 0.1) is 17.0 Å². The first-order valence-corrected chi connectivity index (χ1v) is 15.0. The third-order valence-corrected chi connectivity index (χ3v) is 8.08. The van der Waals surface area contributed by atoms with Crippen LogP contribution in [0.3, 0.4) is 0 Å². The van der Waals surface area contributed by atoms with Gasteiger partial charge in [-0.15, -0.1) is 0 Å². The molecule has 43 heavy (non-hydrogen) atoms. The Hall–Kier alpha value is -4.43. The summed E-state index contributed by atoms with van der Waals surface area (Å²) < 4.78 is 5.65. The molecule has 2 fully saturated rings. The molecule has 3 N–H and O–H groups in total. The zero-order chi connectivity index (χ0) is 30.2. The fraction of sp³-hybridized carbons (Fsp3) is 0.414. The van der Waals surface area contributed by atoms with E-state index in [2.05, 4.69) is 40.7 Å². The number of ether oxygens (including phenoxy) is 1. The number of piperidine rings is 1. The van der Waals surface area contributed by atoms with Crippen LogP contribution in [0.4, 0.5) is 16.8 Å². The van der Waals surface area contributed by atoms with Crippen LogP contribution in [-0.2, 0) is 14.4 Å². The second-order valence-corrected chi connectivity index (χ2v) is 11.4. The summed E-state index contributed by atoms with van der Waals surface area (Å²) >= 11 is 1.27. The van der Waals surface area contributed by atoms with Gasteiger partial charge in [0.2, 0.25) is 11.8 Å². The number of amides is 3. The molecule has 14 heteroatoms. The van der Waals surface area contributed by atoms with Crippen LogP contribution in [0.2, 0.25) is 0 Å². The first kappa shape index (κ1) is 30.0. The largest absolute Gasteiger partial charge is 0.484 e. The van der Waals surface area contributed by atoms with E-state index in [0.717, 1.165) is 56.8 Å². The Labute approximate surface area is 253 Å². The number of carbonyl (C=O) groups is 4. The van der Waals surface area contributed by atoms with Gasteiger partial charge in [0.15, 0.2) is 18.0 Å². The molecule has 13 nitrogen and oxygen atoms in total. The topological polar surface area (TPSA) is 159 Å². The van der Waals surface area contributed by atoms with Crippen molar-refractivity contribution in [2.45, 2.75) is 32.1 Å². The van der Waals surface area contributed by atoms with Gasteiger partial charge in [0, 0.05) is 45.2 Å². The number of piperazine rings is 1. The molecular weight excluding hydrogens is 572 g/mol. The van der Waals surface area contributed by atoms with Gasteiger partial charge in [-0.05, 0) is 44.0 Å². The highest BCUT2D eigenvalue weighted by Crippen LogP contribution is 2.27. The summed E-state index contributed by atoms with van der Waals surface area (Å²) in [4.78, 5) is 65.2. The van der Waals surface area contributed by atoms with Gasteiger partial charge >= 0.3 is 0 Å². The van der Waals surface area contributed by atoms with Gasteiger partial charge in [-0.1, -0.05) is 23.5 Å². The molecule has 0 radical (unpaired) electrons. The van der Waals surface area contributed by atoms with Crippen LogP contribution in [0.1, 0.15) is 46.2 Å². The highest BCUT2D eigenvalue weighted by Gasteiger charge is 2.28. The van der Waals surface area contributed by atoms with Gasteiger partial charge in [-0.2, -0.15) is 0 Å². The van der Waals surface area contributed by atoms with Crippen molar-refractivity contribution in [2.24, 2.45) is 0 Å². The summed E-state index contributed by atoms with van der Waals surface area (Å²) in [6, 6.07) is 8.99. The Kier molecular flexibility index (Phi) is 9.89. The minimum Gasteiger partial charge on any atom is -0.484 e. The summed E-state index contributed by atoms with van der Waals surface area (Å²) in [5.41, 5.74) is 0.764. The van der Waals surface area contributed by atoms with E-state index in [1.807, 2.05) is 19.1 Å². The zero-order valence-electron chi connectivity index (χ0n) is 23.9. The molecule has 4 heterocycles. The smallest absolute Gasteiger partial charge is 0.257 e. The van der Waals surface area contributed by atoms with Gasteiger partial charge in [0.1, 0.15) is 23.2 Å². The van der Waals surface area contributed by atoms with E-state index in [1.165, 1.54) is 17.5 Å². The molecule has 3 amide bonds. The predicted octanol–water partition coefficient (Wildman–Crippen LogP) is 2.03. The molecule has 226 valence electrons. The van der Waals surface area contributed by atoms with E-state index in [1.54, 1.807) is 18.2 Å². The maximum Gasteiger partial charge on any atom is 0.257 e. The number of benzene rings is 1. The molecule has 0 aliphatic carbocycles. The van der Waals surface area contributed by atoms with Crippen LogP contribution in [0.5, 0.6) is 5.75 Å². The van der Waals surface area contributed by atoms with Gasteiger partial charge < -0.3 is 20.3 Å². The summed E-state index contributed by atoms with van der Waals surface area (Å²) in [6.45, 7) is 6.53. The van der Waals surface area contributed by atoms with Crippen LogP contribution < -0.4 is 25.6 Å². The fourth-order valence-electron chi connectivity index (χ4n) is 5.05. The minimum absolute atomic E-state index is 0.118. The number of nitrogens with one attached hydrogen (secondary N) is 3. The molecule has 5 rings (SSSR count). The van der Waals surface area contributed by atoms with Gasteiger partial charge in [-0.25, -0.2) is 15.0 Å². The van der Waals surface area contributed by atoms with E-state index in [9.17, 15) is 19.2 Å². The number of aldehydes is 1. The number of hydrogen-bond donors (Lipinski definition) is 3. The summed E-state index contributed by atoms with van der Waals surface area (Å²) in [6.07, 6.45) is 3.88. The van der Waals surface area contributed by atoms with Crippen LogP contribution in [0.15, 0.2) is 36.5 Å². The van der Waals surface area contributed by atoms with E-state index in [4.69, 9.17) is 4.74 Å². The molecule has 2 aliphatic rings. The molecule has 2 saturated heterocycles. The van der Waals surface area contributed by atoms with Crippen molar-refractivity contribution < 1.29 is 23.9 Å². The normalized spacial score (nSPS) is 17.3. The number of imide groups is 1. The van der Waals surface area contributed by atoms with Crippen LogP contribution >= 0.6 is 11.3 Å². The Bertz CT molecular complexity index is 1470. The van der Waals surface area contributed by atoms with Gasteiger partial charge in [0.25, 0.3) is 5.91 Å². The Morgan fingerprint density at radius 2 is 2.02 bits per heavy atom. The lowest BCUT2D eigenvalue weighted by Gasteiger charge is -2.35.